The van der Waals surface area contributed by atoms with Gasteiger partial charge in [0.15, 0.2) is 5.03 Å². The number of aryl methyl sites for hydroxylation is 2. The van der Waals surface area contributed by atoms with Gasteiger partial charge >= 0.3 is 0 Å². The van der Waals surface area contributed by atoms with Crippen LogP contribution in [0.15, 0.2) is 70.7 Å². The molecule has 0 aliphatic heterocycles. The number of nitrogens with zero attached hydrogens (tertiary/aromatic N) is 2. The molecule has 5 nitrogen and oxygen atoms in total. The zero-order valence-corrected chi connectivity index (χ0v) is 18.5. The monoisotopic (exact) mass is 424 g/mol. The van der Waals surface area contributed by atoms with Crippen molar-refractivity contribution < 1.29 is 9.84 Å². The van der Waals surface area contributed by atoms with E-state index in [2.05, 4.69) is 17.1 Å². The van der Waals surface area contributed by atoms with Gasteiger partial charge in [0.2, 0.25) is 0 Å². The molecule has 0 aliphatic carbocycles. The quantitative estimate of drug-likeness (QED) is 0.520. The molecule has 0 aliphatic rings. The van der Waals surface area contributed by atoms with Crippen LogP contribution in [0.4, 0.5) is 0 Å². The standard InChI is InChI=1S/C24H28N2O3S/c1-4-19-16-20(10-11-21(19)29-17-24(2,3)28)26-14-13-25-22(23(26)27)30-15-12-18-8-6-5-7-9-18/h5-11,13-14,16,28H,4,12,15,17H2,1-3H3. The molecular weight excluding hydrogens is 396 g/mol. The van der Waals surface area contributed by atoms with Crippen LogP contribution in [0.3, 0.4) is 0 Å². The van der Waals surface area contributed by atoms with Crippen molar-refractivity contribution in [3.63, 3.8) is 0 Å². The third-order valence-electron chi connectivity index (χ3n) is 4.57. The molecule has 3 rings (SSSR count). The molecular formula is C24H28N2O3S. The van der Waals surface area contributed by atoms with Gasteiger partial charge in [-0.3, -0.25) is 9.36 Å². The summed E-state index contributed by atoms with van der Waals surface area (Å²) in [4.78, 5) is 17.3. The Labute approximate surface area is 181 Å². The average molecular weight is 425 g/mol. The van der Waals surface area contributed by atoms with Crippen LogP contribution in [-0.2, 0) is 12.8 Å². The summed E-state index contributed by atoms with van der Waals surface area (Å²) in [5, 5.41) is 10.4. The van der Waals surface area contributed by atoms with Crippen molar-refractivity contribution in [3.8, 4) is 11.4 Å². The first kappa shape index (κ1) is 22.1. The Bertz CT molecular complexity index is 1030. The van der Waals surface area contributed by atoms with Crippen molar-refractivity contribution in [1.82, 2.24) is 9.55 Å². The summed E-state index contributed by atoms with van der Waals surface area (Å²) in [6, 6.07) is 15.9. The molecule has 0 saturated heterocycles. The highest BCUT2D eigenvalue weighted by Crippen LogP contribution is 2.24. The zero-order valence-electron chi connectivity index (χ0n) is 17.7. The number of ether oxygens (including phenoxy) is 1. The summed E-state index contributed by atoms with van der Waals surface area (Å²) in [5.74, 6) is 1.52. The first-order chi connectivity index (χ1) is 14.4. The number of hydrogen-bond acceptors (Lipinski definition) is 5. The predicted octanol–water partition coefficient (Wildman–Crippen LogP) is 4.28. The Morgan fingerprint density at radius 1 is 1.17 bits per heavy atom. The third kappa shape index (κ3) is 5.97. The molecule has 158 valence electrons. The average Bonchev–Trinajstić information content (AvgIpc) is 2.73. The number of rotatable bonds is 9. The van der Waals surface area contributed by atoms with E-state index in [0.717, 1.165) is 35.6 Å². The zero-order chi connectivity index (χ0) is 21.6. The fourth-order valence-electron chi connectivity index (χ4n) is 2.99. The first-order valence-electron chi connectivity index (χ1n) is 10.1. The summed E-state index contributed by atoms with van der Waals surface area (Å²) in [5.41, 5.74) is 1.98. The van der Waals surface area contributed by atoms with Crippen LogP contribution in [0.2, 0.25) is 0 Å². The van der Waals surface area contributed by atoms with Gasteiger partial charge in [0.05, 0.1) is 5.60 Å². The molecule has 0 bridgehead atoms. The lowest BCUT2D eigenvalue weighted by atomic mass is 10.1. The maximum atomic E-state index is 13.0. The van der Waals surface area contributed by atoms with Crippen molar-refractivity contribution in [3.05, 3.63) is 82.4 Å². The Balaban J connectivity index is 1.77. The van der Waals surface area contributed by atoms with Crippen molar-refractivity contribution >= 4 is 11.8 Å². The third-order valence-corrected chi connectivity index (χ3v) is 5.53. The van der Waals surface area contributed by atoms with Crippen LogP contribution in [0.5, 0.6) is 5.75 Å². The number of thioether (sulfide) groups is 1. The van der Waals surface area contributed by atoms with Gasteiger partial charge in [-0.05, 0) is 56.0 Å². The van der Waals surface area contributed by atoms with Crippen molar-refractivity contribution in [1.29, 1.82) is 0 Å². The summed E-state index contributed by atoms with van der Waals surface area (Å²) >= 11 is 1.48. The molecule has 0 fully saturated rings. The van der Waals surface area contributed by atoms with E-state index in [4.69, 9.17) is 4.74 Å². The highest BCUT2D eigenvalue weighted by Gasteiger charge is 2.15. The smallest absolute Gasteiger partial charge is 0.287 e. The van der Waals surface area contributed by atoms with Crippen LogP contribution >= 0.6 is 11.8 Å². The van der Waals surface area contributed by atoms with Gasteiger partial charge in [-0.2, -0.15) is 0 Å². The lowest BCUT2D eigenvalue weighted by Gasteiger charge is -2.20. The molecule has 30 heavy (non-hydrogen) atoms. The van der Waals surface area contributed by atoms with E-state index in [9.17, 15) is 9.90 Å². The first-order valence-corrected chi connectivity index (χ1v) is 11.1. The van der Waals surface area contributed by atoms with Crippen LogP contribution in [0.1, 0.15) is 31.9 Å². The summed E-state index contributed by atoms with van der Waals surface area (Å²) in [6.45, 7) is 5.66. The summed E-state index contributed by atoms with van der Waals surface area (Å²) in [6.07, 6.45) is 4.99. The van der Waals surface area contributed by atoms with Gasteiger partial charge < -0.3 is 9.84 Å². The fraction of sp³-hybridized carbons (Fsp3) is 0.333. The number of benzene rings is 2. The molecule has 0 spiro atoms. The van der Waals surface area contributed by atoms with E-state index in [1.54, 1.807) is 30.8 Å². The molecule has 1 aromatic heterocycles. The number of aromatic nitrogens is 2. The van der Waals surface area contributed by atoms with Crippen LogP contribution < -0.4 is 10.3 Å². The van der Waals surface area contributed by atoms with E-state index in [1.165, 1.54) is 17.3 Å². The number of hydrogen-bond donors (Lipinski definition) is 1. The van der Waals surface area contributed by atoms with Gasteiger partial charge in [0.1, 0.15) is 12.4 Å². The van der Waals surface area contributed by atoms with Gasteiger partial charge in [-0.15, -0.1) is 11.8 Å². The topological polar surface area (TPSA) is 64.4 Å². The van der Waals surface area contributed by atoms with Gasteiger partial charge in [0, 0.05) is 23.8 Å². The highest BCUT2D eigenvalue weighted by atomic mass is 32.2. The fourth-order valence-corrected chi connectivity index (χ4v) is 3.88. The lowest BCUT2D eigenvalue weighted by molar-refractivity contribution is 0.0282. The Kier molecular flexibility index (Phi) is 7.34. The molecule has 2 aromatic carbocycles. The van der Waals surface area contributed by atoms with Crippen molar-refractivity contribution in [2.75, 3.05) is 12.4 Å². The van der Waals surface area contributed by atoms with E-state index in [-0.39, 0.29) is 12.2 Å². The maximum Gasteiger partial charge on any atom is 0.287 e. The maximum absolute atomic E-state index is 13.0. The predicted molar refractivity (Wildman–Crippen MR) is 122 cm³/mol. The second-order valence-corrected chi connectivity index (χ2v) is 8.82. The SMILES string of the molecule is CCc1cc(-n2ccnc(SCCc3ccccc3)c2=O)ccc1OCC(C)(C)O. The molecule has 0 radical (unpaired) electrons. The minimum atomic E-state index is -0.905. The minimum absolute atomic E-state index is 0.122. The van der Waals surface area contributed by atoms with Gasteiger partial charge in [0.25, 0.3) is 5.56 Å². The second-order valence-electron chi connectivity index (χ2n) is 7.74. The number of aliphatic hydroxyl groups is 1. The molecule has 0 saturated carbocycles. The van der Waals surface area contributed by atoms with Gasteiger partial charge in [-0.1, -0.05) is 37.3 Å². The minimum Gasteiger partial charge on any atom is -0.490 e. The van der Waals surface area contributed by atoms with Crippen molar-refractivity contribution in [2.24, 2.45) is 0 Å². The lowest BCUT2D eigenvalue weighted by Crippen LogP contribution is -2.28. The second kappa shape index (κ2) is 9.96. The van der Waals surface area contributed by atoms with Crippen LogP contribution in [0.25, 0.3) is 5.69 Å². The van der Waals surface area contributed by atoms with Crippen LogP contribution in [0, 0.1) is 0 Å². The summed E-state index contributed by atoms with van der Waals surface area (Å²) in [7, 11) is 0. The molecule has 0 amide bonds. The molecule has 1 N–H and O–H groups in total. The molecule has 3 aromatic rings. The Morgan fingerprint density at radius 3 is 2.63 bits per heavy atom. The molecule has 6 heteroatoms. The summed E-state index contributed by atoms with van der Waals surface area (Å²) < 4.78 is 7.40. The normalized spacial score (nSPS) is 11.5. The molecule has 1 heterocycles. The van der Waals surface area contributed by atoms with Crippen molar-refractivity contribution in [2.45, 2.75) is 44.2 Å². The van der Waals surface area contributed by atoms with E-state index >= 15 is 0 Å². The van der Waals surface area contributed by atoms with Crippen LogP contribution in [-0.4, -0.2) is 32.6 Å². The molecule has 0 atom stereocenters. The van der Waals surface area contributed by atoms with E-state index in [1.807, 2.05) is 43.3 Å². The Morgan fingerprint density at radius 2 is 1.93 bits per heavy atom. The Hall–Kier alpha value is -2.57. The van der Waals surface area contributed by atoms with E-state index < -0.39 is 5.60 Å². The van der Waals surface area contributed by atoms with E-state index in [0.29, 0.717) is 5.03 Å². The molecule has 0 unspecified atom stereocenters. The highest BCUT2D eigenvalue weighted by molar-refractivity contribution is 7.99. The largest absolute Gasteiger partial charge is 0.490 e. The van der Waals surface area contributed by atoms with Gasteiger partial charge in [-0.25, -0.2) is 4.98 Å².